The van der Waals surface area contributed by atoms with Crippen molar-refractivity contribution in [1.29, 1.82) is 0 Å². The molecule has 88 valence electrons. The highest BCUT2D eigenvalue weighted by atomic mass is 16.5. The second-order valence-corrected chi connectivity index (χ2v) is 5.32. The van der Waals surface area contributed by atoms with Gasteiger partial charge in [0.1, 0.15) is 0 Å². The molecule has 3 N–H and O–H groups in total. The van der Waals surface area contributed by atoms with E-state index in [1.165, 1.54) is 6.42 Å². The van der Waals surface area contributed by atoms with Gasteiger partial charge >= 0.3 is 0 Å². The third-order valence-electron chi connectivity index (χ3n) is 4.05. The summed E-state index contributed by atoms with van der Waals surface area (Å²) in [6.45, 7) is 7.10. The van der Waals surface area contributed by atoms with Gasteiger partial charge in [0.05, 0.1) is 6.10 Å². The molecule has 2 unspecified atom stereocenters. The van der Waals surface area contributed by atoms with Crippen molar-refractivity contribution in [3.8, 4) is 0 Å². The van der Waals surface area contributed by atoms with Crippen molar-refractivity contribution in [2.45, 2.75) is 44.8 Å². The zero-order valence-electron chi connectivity index (χ0n) is 9.96. The van der Waals surface area contributed by atoms with Crippen LogP contribution < -0.4 is 11.1 Å². The number of ether oxygens (including phenoxy) is 1. The minimum absolute atomic E-state index is 0.197. The van der Waals surface area contributed by atoms with Gasteiger partial charge in [0.25, 0.3) is 0 Å². The van der Waals surface area contributed by atoms with Gasteiger partial charge in [0, 0.05) is 18.7 Å². The number of hydrogen-bond acceptors (Lipinski definition) is 3. The summed E-state index contributed by atoms with van der Waals surface area (Å²) < 4.78 is 5.58. The third-order valence-corrected chi connectivity index (χ3v) is 4.05. The molecule has 2 saturated carbocycles. The van der Waals surface area contributed by atoms with Gasteiger partial charge < -0.3 is 15.8 Å². The van der Waals surface area contributed by atoms with Gasteiger partial charge in [-0.05, 0) is 44.6 Å². The van der Waals surface area contributed by atoms with E-state index in [1.807, 2.05) is 0 Å². The Morgan fingerprint density at radius 1 is 1.47 bits per heavy atom. The van der Waals surface area contributed by atoms with Crippen molar-refractivity contribution in [2.75, 3.05) is 19.7 Å². The molecule has 0 aliphatic heterocycles. The minimum Gasteiger partial charge on any atom is -0.378 e. The Morgan fingerprint density at radius 3 is 2.60 bits per heavy atom. The summed E-state index contributed by atoms with van der Waals surface area (Å²) in [5.74, 6) is 1.83. The summed E-state index contributed by atoms with van der Waals surface area (Å²) >= 11 is 0. The van der Waals surface area contributed by atoms with Crippen molar-refractivity contribution in [3.63, 3.8) is 0 Å². The molecule has 0 amide bonds. The van der Waals surface area contributed by atoms with Gasteiger partial charge in [-0.2, -0.15) is 0 Å². The molecular weight excluding hydrogens is 188 g/mol. The van der Waals surface area contributed by atoms with Crippen LogP contribution in [0.15, 0.2) is 0 Å². The molecular formula is C12H24N2O. The molecule has 0 radical (unpaired) electrons. The smallest absolute Gasteiger partial charge is 0.0611 e. The minimum atomic E-state index is 0.197. The maximum atomic E-state index is 5.85. The predicted octanol–water partition coefficient (Wildman–Crippen LogP) is 1.13. The number of nitrogens with two attached hydrogens (primary N) is 1. The van der Waals surface area contributed by atoms with Crippen LogP contribution in [0.2, 0.25) is 0 Å². The lowest BCUT2D eigenvalue weighted by Gasteiger charge is -2.47. The first-order chi connectivity index (χ1) is 7.19. The topological polar surface area (TPSA) is 47.3 Å². The molecule has 2 aliphatic carbocycles. The van der Waals surface area contributed by atoms with E-state index in [9.17, 15) is 0 Å². The Balaban J connectivity index is 1.69. The molecule has 2 atom stereocenters. The zero-order valence-corrected chi connectivity index (χ0v) is 9.96. The monoisotopic (exact) mass is 212 g/mol. The van der Waals surface area contributed by atoms with Crippen molar-refractivity contribution in [1.82, 2.24) is 5.32 Å². The molecule has 0 aromatic heterocycles. The highest BCUT2D eigenvalue weighted by Crippen LogP contribution is 2.39. The Labute approximate surface area is 92.7 Å². The Bertz CT molecular complexity index is 214. The van der Waals surface area contributed by atoms with E-state index in [-0.39, 0.29) is 5.54 Å². The van der Waals surface area contributed by atoms with Crippen molar-refractivity contribution in [2.24, 2.45) is 17.6 Å². The molecule has 0 saturated heterocycles. The Kier molecular flexibility index (Phi) is 3.33. The van der Waals surface area contributed by atoms with Gasteiger partial charge in [0.2, 0.25) is 0 Å². The van der Waals surface area contributed by atoms with Crippen LogP contribution >= 0.6 is 0 Å². The molecule has 2 fully saturated rings. The first kappa shape index (κ1) is 11.4. The fourth-order valence-corrected chi connectivity index (χ4v) is 2.58. The van der Waals surface area contributed by atoms with Crippen LogP contribution in [0.1, 0.15) is 33.1 Å². The lowest BCUT2D eigenvalue weighted by molar-refractivity contribution is -0.0478. The summed E-state index contributed by atoms with van der Waals surface area (Å²) in [6.07, 6.45) is 4.03. The molecule has 0 aromatic rings. The average Bonchev–Trinajstić information content (AvgIpc) is 2.86. The Morgan fingerprint density at radius 2 is 2.13 bits per heavy atom. The highest BCUT2D eigenvalue weighted by Gasteiger charge is 2.44. The van der Waals surface area contributed by atoms with Gasteiger partial charge in [-0.25, -0.2) is 0 Å². The molecule has 15 heavy (non-hydrogen) atoms. The van der Waals surface area contributed by atoms with E-state index in [0.717, 1.165) is 44.4 Å². The van der Waals surface area contributed by atoms with Crippen LogP contribution in [0.5, 0.6) is 0 Å². The second kappa shape index (κ2) is 4.40. The van der Waals surface area contributed by atoms with E-state index < -0.39 is 0 Å². The summed E-state index contributed by atoms with van der Waals surface area (Å²) in [5.41, 5.74) is 6.05. The molecule has 2 rings (SSSR count). The first-order valence-electron chi connectivity index (χ1n) is 6.26. The molecule has 3 heteroatoms. The maximum Gasteiger partial charge on any atom is 0.0611 e. The average molecular weight is 212 g/mol. The van der Waals surface area contributed by atoms with Crippen LogP contribution in [0.25, 0.3) is 0 Å². The SMILES string of the molecule is CCOC1CC(CN)(NCC2CC2C)C1. The number of rotatable bonds is 6. The fourth-order valence-electron chi connectivity index (χ4n) is 2.58. The summed E-state index contributed by atoms with van der Waals surface area (Å²) in [4.78, 5) is 0. The van der Waals surface area contributed by atoms with Crippen LogP contribution in [0.3, 0.4) is 0 Å². The quantitative estimate of drug-likeness (QED) is 0.694. The lowest BCUT2D eigenvalue weighted by atomic mass is 9.74. The molecule has 2 aliphatic rings. The molecule has 0 heterocycles. The van der Waals surface area contributed by atoms with Gasteiger partial charge in [-0.1, -0.05) is 6.92 Å². The normalized spacial score (nSPS) is 43.8. The lowest BCUT2D eigenvalue weighted by Crippen LogP contribution is -2.62. The first-order valence-corrected chi connectivity index (χ1v) is 6.26. The molecule has 3 nitrogen and oxygen atoms in total. The molecule has 0 bridgehead atoms. The van der Waals surface area contributed by atoms with Crippen molar-refractivity contribution >= 4 is 0 Å². The largest absolute Gasteiger partial charge is 0.378 e. The Hall–Kier alpha value is -0.120. The second-order valence-electron chi connectivity index (χ2n) is 5.32. The zero-order chi connectivity index (χ0) is 10.9. The van der Waals surface area contributed by atoms with Crippen molar-refractivity contribution in [3.05, 3.63) is 0 Å². The number of hydrogen-bond donors (Lipinski definition) is 2. The summed E-state index contributed by atoms with van der Waals surface area (Å²) in [5, 5.41) is 3.66. The van der Waals surface area contributed by atoms with Crippen LogP contribution in [0, 0.1) is 11.8 Å². The third kappa shape index (κ3) is 2.52. The van der Waals surface area contributed by atoms with Crippen LogP contribution in [0.4, 0.5) is 0 Å². The van der Waals surface area contributed by atoms with E-state index in [0.29, 0.717) is 6.10 Å². The van der Waals surface area contributed by atoms with E-state index in [2.05, 4.69) is 19.2 Å². The molecule has 0 spiro atoms. The number of nitrogens with one attached hydrogen (secondary N) is 1. The van der Waals surface area contributed by atoms with Gasteiger partial charge in [0.15, 0.2) is 0 Å². The summed E-state index contributed by atoms with van der Waals surface area (Å²) in [6, 6.07) is 0. The van der Waals surface area contributed by atoms with Crippen molar-refractivity contribution < 1.29 is 4.74 Å². The van der Waals surface area contributed by atoms with E-state index in [1.54, 1.807) is 0 Å². The maximum absolute atomic E-state index is 5.85. The van der Waals surface area contributed by atoms with Crippen LogP contribution in [-0.4, -0.2) is 31.3 Å². The fraction of sp³-hybridized carbons (Fsp3) is 1.00. The predicted molar refractivity (Wildman–Crippen MR) is 61.7 cm³/mol. The van der Waals surface area contributed by atoms with Gasteiger partial charge in [-0.15, -0.1) is 0 Å². The molecule has 0 aromatic carbocycles. The van der Waals surface area contributed by atoms with E-state index >= 15 is 0 Å². The van der Waals surface area contributed by atoms with Gasteiger partial charge in [-0.3, -0.25) is 0 Å². The highest BCUT2D eigenvalue weighted by molar-refractivity contribution is 5.04. The van der Waals surface area contributed by atoms with Crippen LogP contribution in [-0.2, 0) is 4.74 Å². The summed E-state index contributed by atoms with van der Waals surface area (Å²) in [7, 11) is 0. The van der Waals surface area contributed by atoms with E-state index in [4.69, 9.17) is 10.5 Å². The standard InChI is InChI=1S/C12H24N2O/c1-3-15-11-5-12(6-11,8-13)14-7-10-4-9(10)2/h9-11,14H,3-8,13H2,1-2H3.